The molecule has 0 N–H and O–H groups in total. The van der Waals surface area contributed by atoms with E-state index in [1.165, 1.54) is 19.2 Å². The zero-order valence-electron chi connectivity index (χ0n) is 19.2. The maximum atomic E-state index is 14.0. The molecule has 0 atom stereocenters. The number of carbonyl (C=O) groups excluding carboxylic acids is 3. The van der Waals surface area contributed by atoms with Crippen molar-refractivity contribution in [1.82, 2.24) is 9.96 Å². The number of hydrogen-bond acceptors (Lipinski definition) is 6. The van der Waals surface area contributed by atoms with Gasteiger partial charge in [-0.05, 0) is 61.7 Å². The number of benzene rings is 2. The molecule has 1 aliphatic heterocycles. The number of hydroxylamine groups is 2. The molecular formula is C24H29FN2O5. The number of methoxy groups -OCH3 is 1. The molecule has 32 heavy (non-hydrogen) atoms. The fraction of sp³-hybridized carbons (Fsp3) is 0.458. The van der Waals surface area contributed by atoms with Crippen LogP contribution in [0.25, 0.3) is 10.8 Å². The first-order valence-corrected chi connectivity index (χ1v) is 10.6. The lowest BCUT2D eigenvalue weighted by Gasteiger charge is -2.35. The predicted molar refractivity (Wildman–Crippen MR) is 117 cm³/mol. The molecule has 0 unspecified atom stereocenters. The van der Waals surface area contributed by atoms with Crippen LogP contribution < -0.4 is 0 Å². The molecule has 1 heterocycles. The maximum absolute atomic E-state index is 14.0. The molecule has 172 valence electrons. The Hall–Kier alpha value is -3.00. The number of esters is 1. The summed E-state index contributed by atoms with van der Waals surface area (Å²) in [7, 11) is 1.31. The van der Waals surface area contributed by atoms with Crippen LogP contribution in [0.5, 0.6) is 0 Å². The highest BCUT2D eigenvalue weighted by atomic mass is 19.1. The Morgan fingerprint density at radius 3 is 2.31 bits per heavy atom. The van der Waals surface area contributed by atoms with Gasteiger partial charge >= 0.3 is 11.9 Å². The highest BCUT2D eigenvalue weighted by Gasteiger charge is 2.30. The van der Waals surface area contributed by atoms with Crippen LogP contribution in [0.15, 0.2) is 24.3 Å². The van der Waals surface area contributed by atoms with Gasteiger partial charge in [0, 0.05) is 13.1 Å². The van der Waals surface area contributed by atoms with Gasteiger partial charge in [-0.1, -0.05) is 12.1 Å². The molecule has 1 aliphatic rings. The van der Waals surface area contributed by atoms with E-state index in [4.69, 9.17) is 9.57 Å². The van der Waals surface area contributed by atoms with Crippen LogP contribution in [-0.2, 0) is 25.6 Å². The zero-order valence-corrected chi connectivity index (χ0v) is 19.2. The minimum Gasteiger partial charge on any atom is -0.469 e. The minimum atomic E-state index is -0.618. The summed E-state index contributed by atoms with van der Waals surface area (Å²) in [5.74, 6) is -1.43. The van der Waals surface area contributed by atoms with Crippen LogP contribution in [0.3, 0.4) is 0 Å². The second kappa shape index (κ2) is 9.24. The van der Waals surface area contributed by atoms with E-state index in [0.29, 0.717) is 53.6 Å². The second-order valence-electron chi connectivity index (χ2n) is 9.00. The fourth-order valence-corrected chi connectivity index (χ4v) is 3.61. The van der Waals surface area contributed by atoms with Crippen molar-refractivity contribution in [2.75, 3.05) is 33.3 Å². The van der Waals surface area contributed by atoms with Crippen molar-refractivity contribution in [1.29, 1.82) is 0 Å². The highest BCUT2D eigenvalue weighted by molar-refractivity contribution is 6.09. The largest absolute Gasteiger partial charge is 0.469 e. The van der Waals surface area contributed by atoms with Gasteiger partial charge in [0.2, 0.25) is 0 Å². The third kappa shape index (κ3) is 5.07. The molecule has 1 fully saturated rings. The van der Waals surface area contributed by atoms with Gasteiger partial charge in [-0.3, -0.25) is 9.59 Å². The lowest BCUT2D eigenvalue weighted by atomic mass is 9.92. The molecule has 2 aromatic carbocycles. The zero-order chi connectivity index (χ0) is 23.6. The number of fused-ring (bicyclic) bond motifs is 1. The Kier molecular flexibility index (Phi) is 6.83. The molecule has 0 aromatic heterocycles. The third-order valence-electron chi connectivity index (χ3n) is 5.60. The Morgan fingerprint density at radius 2 is 1.72 bits per heavy atom. The van der Waals surface area contributed by atoms with Gasteiger partial charge in [-0.2, -0.15) is 0 Å². The van der Waals surface area contributed by atoms with Crippen LogP contribution in [-0.4, -0.2) is 61.1 Å². The van der Waals surface area contributed by atoms with Crippen molar-refractivity contribution in [3.8, 4) is 0 Å². The van der Waals surface area contributed by atoms with Crippen molar-refractivity contribution < 1.29 is 28.3 Å². The number of hydrogen-bond donors (Lipinski definition) is 0. The van der Waals surface area contributed by atoms with Crippen molar-refractivity contribution in [3.63, 3.8) is 0 Å². The van der Waals surface area contributed by atoms with Crippen LogP contribution in [0.2, 0.25) is 0 Å². The van der Waals surface area contributed by atoms with Gasteiger partial charge in [0.15, 0.2) is 0 Å². The molecule has 3 rings (SSSR count). The maximum Gasteiger partial charge on any atom is 0.330 e. The molecule has 7 nitrogen and oxygen atoms in total. The first-order chi connectivity index (χ1) is 15.0. The van der Waals surface area contributed by atoms with Crippen molar-refractivity contribution in [3.05, 3.63) is 46.8 Å². The van der Waals surface area contributed by atoms with Gasteiger partial charge in [0.05, 0.1) is 37.6 Å². The van der Waals surface area contributed by atoms with E-state index in [-0.39, 0.29) is 18.3 Å². The summed E-state index contributed by atoms with van der Waals surface area (Å²) in [5, 5.41) is 2.75. The molecule has 0 aliphatic carbocycles. The van der Waals surface area contributed by atoms with E-state index in [1.807, 2.05) is 0 Å². The average molecular weight is 445 g/mol. The molecule has 0 saturated carbocycles. The predicted octanol–water partition coefficient (Wildman–Crippen LogP) is 3.26. The Morgan fingerprint density at radius 1 is 1.06 bits per heavy atom. The lowest BCUT2D eigenvalue weighted by molar-refractivity contribution is -0.205. The van der Waals surface area contributed by atoms with Crippen molar-refractivity contribution in [2.24, 2.45) is 5.41 Å². The summed E-state index contributed by atoms with van der Waals surface area (Å²) in [6.07, 6.45) is 0.0203. The summed E-state index contributed by atoms with van der Waals surface area (Å²) < 4.78 is 18.8. The first-order valence-electron chi connectivity index (χ1n) is 10.6. The highest BCUT2D eigenvalue weighted by Crippen LogP contribution is 2.29. The average Bonchev–Trinajstić information content (AvgIpc) is 2.74. The van der Waals surface area contributed by atoms with Crippen molar-refractivity contribution >= 4 is 28.6 Å². The van der Waals surface area contributed by atoms with Crippen LogP contribution in [0.1, 0.15) is 42.3 Å². The Balaban J connectivity index is 1.87. The molecule has 0 radical (unpaired) electrons. The van der Waals surface area contributed by atoms with Gasteiger partial charge in [0.25, 0.3) is 5.91 Å². The number of ether oxygens (including phenoxy) is 1. The molecule has 0 spiro atoms. The Labute approximate surface area is 187 Å². The number of halogens is 1. The minimum absolute atomic E-state index is 0.0203. The smallest absolute Gasteiger partial charge is 0.330 e. The number of rotatable bonds is 4. The Bertz CT molecular complexity index is 1050. The van der Waals surface area contributed by atoms with E-state index >= 15 is 0 Å². The van der Waals surface area contributed by atoms with E-state index in [2.05, 4.69) is 0 Å². The summed E-state index contributed by atoms with van der Waals surface area (Å²) in [4.78, 5) is 44.6. The number of amides is 1. The van der Waals surface area contributed by atoms with E-state index in [1.54, 1.807) is 49.8 Å². The topological polar surface area (TPSA) is 76.2 Å². The summed E-state index contributed by atoms with van der Waals surface area (Å²) in [6.45, 7) is 8.57. The summed E-state index contributed by atoms with van der Waals surface area (Å²) in [6, 6.07) is 6.07. The third-order valence-corrected chi connectivity index (χ3v) is 5.60. The van der Waals surface area contributed by atoms with Crippen LogP contribution in [0, 0.1) is 18.2 Å². The standard InChI is InChI=1S/C24H29FN2O5/c1-15-17(13-20(28)31-5)12-16-6-7-18(25)14-19(16)21(15)22(29)26-8-10-27(11-9-26)32-23(30)24(2,3)4/h6-7,12,14H,8-11,13H2,1-5H3. The van der Waals surface area contributed by atoms with Gasteiger partial charge in [0.1, 0.15) is 5.82 Å². The van der Waals surface area contributed by atoms with E-state index < -0.39 is 17.2 Å². The SMILES string of the molecule is COC(=O)Cc1cc2ccc(F)cc2c(C(=O)N2CCN(OC(=O)C(C)(C)C)CC2)c1C. The van der Waals surface area contributed by atoms with Gasteiger partial charge in [-0.25, -0.2) is 9.18 Å². The lowest BCUT2D eigenvalue weighted by Crippen LogP contribution is -2.50. The number of piperazine rings is 1. The summed E-state index contributed by atoms with van der Waals surface area (Å²) in [5.41, 5.74) is 1.05. The fourth-order valence-electron chi connectivity index (χ4n) is 3.61. The quantitative estimate of drug-likeness (QED) is 0.674. The molecule has 1 amide bonds. The molecular weight excluding hydrogens is 415 g/mol. The summed E-state index contributed by atoms with van der Waals surface area (Å²) >= 11 is 0. The monoisotopic (exact) mass is 444 g/mol. The second-order valence-corrected chi connectivity index (χ2v) is 9.00. The normalized spacial score (nSPS) is 15.0. The van der Waals surface area contributed by atoms with Crippen LogP contribution in [0.4, 0.5) is 4.39 Å². The van der Waals surface area contributed by atoms with Crippen LogP contribution >= 0.6 is 0 Å². The van der Waals surface area contributed by atoms with E-state index in [9.17, 15) is 18.8 Å². The van der Waals surface area contributed by atoms with Gasteiger partial charge < -0.3 is 14.5 Å². The molecule has 1 saturated heterocycles. The molecule has 2 aromatic rings. The number of nitrogens with zero attached hydrogens (tertiary/aromatic N) is 2. The van der Waals surface area contributed by atoms with Gasteiger partial charge in [-0.15, -0.1) is 5.06 Å². The van der Waals surface area contributed by atoms with Crippen molar-refractivity contribution in [2.45, 2.75) is 34.1 Å². The molecule has 0 bridgehead atoms. The molecule has 8 heteroatoms. The number of carbonyl (C=O) groups is 3. The first kappa shape index (κ1) is 23.7. The van der Waals surface area contributed by atoms with E-state index in [0.717, 1.165) is 0 Å².